The minimum Gasteiger partial charge on any atom is -0.467 e. The highest BCUT2D eigenvalue weighted by molar-refractivity contribution is 6.33. The van der Waals surface area contributed by atoms with Crippen LogP contribution in [0.25, 0.3) is 17.4 Å². The number of urea groups is 1. The number of hydrogen-bond acceptors (Lipinski definition) is 7. The van der Waals surface area contributed by atoms with Crippen molar-refractivity contribution in [1.82, 2.24) is 10.2 Å². The van der Waals surface area contributed by atoms with Gasteiger partial charge in [0.05, 0.1) is 22.8 Å². The number of hydrogen-bond donors (Lipinski definition) is 1. The lowest BCUT2D eigenvalue weighted by Crippen LogP contribution is -2.53. The Labute approximate surface area is 178 Å². The van der Waals surface area contributed by atoms with E-state index in [1.807, 2.05) is 0 Å². The van der Waals surface area contributed by atoms with Crippen LogP contribution in [0.2, 0.25) is 5.02 Å². The molecule has 11 heteroatoms. The van der Waals surface area contributed by atoms with Gasteiger partial charge in [0.25, 0.3) is 17.5 Å². The standard InChI is InChI=1S/C20H12ClN3O7/c21-16-5-3-11(24(28)29)8-14(16)17-6-4-12(31-17)9-15-18(25)22-20(27)23(19(15)26)10-13-2-1-7-30-13/h1-9H,10H2,(H,22,25,27)/b15-9-. The highest BCUT2D eigenvalue weighted by Crippen LogP contribution is 2.33. The Kier molecular flexibility index (Phi) is 5.14. The molecule has 31 heavy (non-hydrogen) atoms. The molecule has 0 saturated carbocycles. The Morgan fingerprint density at radius 2 is 1.97 bits per heavy atom. The minimum atomic E-state index is -0.878. The molecule has 1 N–H and O–H groups in total. The second-order valence-corrected chi connectivity index (χ2v) is 6.82. The molecule has 0 radical (unpaired) electrons. The summed E-state index contributed by atoms with van der Waals surface area (Å²) in [4.78, 5) is 48.3. The minimum absolute atomic E-state index is 0.114. The van der Waals surface area contributed by atoms with Gasteiger partial charge >= 0.3 is 6.03 Å². The van der Waals surface area contributed by atoms with Crippen molar-refractivity contribution in [2.24, 2.45) is 0 Å². The SMILES string of the molecule is O=C1NC(=O)N(Cc2ccco2)C(=O)/C1=C\c1ccc(-c2cc([N+](=O)[O-])ccc2Cl)o1. The van der Waals surface area contributed by atoms with Gasteiger partial charge in [0.1, 0.15) is 22.9 Å². The van der Waals surface area contributed by atoms with Crippen LogP contribution in [-0.4, -0.2) is 27.7 Å². The lowest BCUT2D eigenvalue weighted by molar-refractivity contribution is -0.384. The molecule has 0 bridgehead atoms. The molecule has 0 unspecified atom stereocenters. The Bertz CT molecular complexity index is 1240. The number of barbiturate groups is 1. The van der Waals surface area contributed by atoms with Crippen LogP contribution >= 0.6 is 11.6 Å². The number of furan rings is 2. The molecule has 1 aliphatic rings. The summed E-state index contributed by atoms with van der Waals surface area (Å²) < 4.78 is 10.8. The number of nitrogens with zero attached hydrogens (tertiary/aromatic N) is 2. The molecule has 2 aromatic heterocycles. The number of non-ortho nitro benzene ring substituents is 1. The molecule has 1 aliphatic heterocycles. The molecule has 4 rings (SSSR count). The summed E-state index contributed by atoms with van der Waals surface area (Å²) in [7, 11) is 0. The average Bonchev–Trinajstić information content (AvgIpc) is 3.40. The number of rotatable bonds is 5. The van der Waals surface area contributed by atoms with Gasteiger partial charge in [-0.1, -0.05) is 11.6 Å². The van der Waals surface area contributed by atoms with Crippen LogP contribution in [0.5, 0.6) is 0 Å². The van der Waals surface area contributed by atoms with E-state index < -0.39 is 22.8 Å². The molecule has 0 aliphatic carbocycles. The zero-order chi connectivity index (χ0) is 22.1. The topological polar surface area (TPSA) is 136 Å². The van der Waals surface area contributed by atoms with E-state index in [-0.39, 0.29) is 39.9 Å². The van der Waals surface area contributed by atoms with E-state index in [1.54, 1.807) is 12.1 Å². The maximum Gasteiger partial charge on any atom is 0.331 e. The number of nitro groups is 1. The Hall–Kier alpha value is -4.18. The molecule has 1 fully saturated rings. The van der Waals surface area contributed by atoms with Gasteiger partial charge in [-0.3, -0.25) is 29.9 Å². The third-order valence-electron chi connectivity index (χ3n) is 4.42. The molecule has 1 saturated heterocycles. The summed E-state index contributed by atoms with van der Waals surface area (Å²) in [6.45, 7) is -0.158. The van der Waals surface area contributed by atoms with Crippen molar-refractivity contribution < 1.29 is 28.1 Å². The van der Waals surface area contributed by atoms with Crippen LogP contribution < -0.4 is 5.32 Å². The lowest BCUT2D eigenvalue weighted by Gasteiger charge is -2.25. The van der Waals surface area contributed by atoms with Gasteiger partial charge in [0.15, 0.2) is 0 Å². The van der Waals surface area contributed by atoms with E-state index in [4.69, 9.17) is 20.4 Å². The fraction of sp³-hybridized carbons (Fsp3) is 0.0500. The molecular formula is C20H12ClN3O7. The van der Waals surface area contributed by atoms with Gasteiger partial charge in [-0.2, -0.15) is 0 Å². The van der Waals surface area contributed by atoms with Crippen molar-refractivity contribution in [3.63, 3.8) is 0 Å². The number of nitro benzene ring substituents is 1. The fourth-order valence-corrected chi connectivity index (χ4v) is 3.14. The number of nitrogens with one attached hydrogen (secondary N) is 1. The highest BCUT2D eigenvalue weighted by atomic mass is 35.5. The predicted octanol–water partition coefficient (Wildman–Crippen LogP) is 3.76. The summed E-state index contributed by atoms with van der Waals surface area (Å²) in [6.07, 6.45) is 2.57. The van der Waals surface area contributed by atoms with Crippen molar-refractivity contribution in [3.8, 4) is 11.3 Å². The predicted molar refractivity (Wildman–Crippen MR) is 107 cm³/mol. The molecule has 3 heterocycles. The second kappa shape index (κ2) is 7.92. The first-order valence-corrected chi connectivity index (χ1v) is 9.16. The number of benzene rings is 1. The number of amides is 4. The smallest absolute Gasteiger partial charge is 0.331 e. The maximum absolute atomic E-state index is 12.7. The zero-order valence-corrected chi connectivity index (χ0v) is 16.3. The molecule has 10 nitrogen and oxygen atoms in total. The van der Waals surface area contributed by atoms with Crippen LogP contribution in [-0.2, 0) is 16.1 Å². The fourth-order valence-electron chi connectivity index (χ4n) is 2.93. The lowest BCUT2D eigenvalue weighted by atomic mass is 10.1. The normalized spacial score (nSPS) is 15.5. The van der Waals surface area contributed by atoms with Crippen molar-refractivity contribution >= 4 is 41.2 Å². The van der Waals surface area contributed by atoms with E-state index in [1.165, 1.54) is 42.7 Å². The van der Waals surface area contributed by atoms with Crippen molar-refractivity contribution in [2.45, 2.75) is 6.54 Å². The average molecular weight is 442 g/mol. The summed E-state index contributed by atoms with van der Waals surface area (Å²) in [6, 6.07) is 9.15. The van der Waals surface area contributed by atoms with Crippen LogP contribution in [0.15, 0.2) is 63.1 Å². The van der Waals surface area contributed by atoms with Crippen molar-refractivity contribution in [2.75, 3.05) is 0 Å². The van der Waals surface area contributed by atoms with Gasteiger partial charge in [-0.25, -0.2) is 4.79 Å². The first-order valence-electron chi connectivity index (χ1n) is 8.79. The highest BCUT2D eigenvalue weighted by Gasteiger charge is 2.36. The van der Waals surface area contributed by atoms with E-state index >= 15 is 0 Å². The van der Waals surface area contributed by atoms with E-state index in [0.29, 0.717) is 5.76 Å². The molecule has 0 spiro atoms. The third-order valence-corrected chi connectivity index (χ3v) is 4.75. The number of carbonyl (C=O) groups excluding carboxylic acids is 3. The Balaban J connectivity index is 1.64. The number of carbonyl (C=O) groups is 3. The van der Waals surface area contributed by atoms with Gasteiger partial charge in [-0.05, 0) is 36.4 Å². The molecular weight excluding hydrogens is 430 g/mol. The monoisotopic (exact) mass is 441 g/mol. The molecule has 3 aromatic rings. The van der Waals surface area contributed by atoms with Gasteiger partial charge in [0, 0.05) is 17.7 Å². The molecule has 0 atom stereocenters. The van der Waals surface area contributed by atoms with Crippen molar-refractivity contribution in [1.29, 1.82) is 0 Å². The zero-order valence-electron chi connectivity index (χ0n) is 15.5. The number of halogens is 1. The third kappa shape index (κ3) is 3.96. The van der Waals surface area contributed by atoms with Crippen LogP contribution in [0.3, 0.4) is 0 Å². The van der Waals surface area contributed by atoms with E-state index in [9.17, 15) is 24.5 Å². The Morgan fingerprint density at radius 1 is 1.16 bits per heavy atom. The molecule has 1 aromatic carbocycles. The quantitative estimate of drug-likeness (QED) is 0.275. The van der Waals surface area contributed by atoms with Crippen molar-refractivity contribution in [3.05, 3.63) is 81.0 Å². The number of imide groups is 2. The van der Waals surface area contributed by atoms with Crippen LogP contribution in [0.4, 0.5) is 10.5 Å². The second-order valence-electron chi connectivity index (χ2n) is 6.41. The first kappa shape index (κ1) is 20.1. The van der Waals surface area contributed by atoms with Gasteiger partial charge < -0.3 is 8.83 Å². The molecule has 4 amide bonds. The van der Waals surface area contributed by atoms with E-state index in [0.717, 1.165) is 4.90 Å². The van der Waals surface area contributed by atoms with Gasteiger partial charge in [0.2, 0.25) is 0 Å². The summed E-state index contributed by atoms with van der Waals surface area (Å²) in [5.74, 6) is -1.03. The summed E-state index contributed by atoms with van der Waals surface area (Å²) in [5.41, 5.74) is -0.226. The largest absolute Gasteiger partial charge is 0.467 e. The molecule has 156 valence electrons. The van der Waals surface area contributed by atoms with Crippen LogP contribution in [0, 0.1) is 10.1 Å². The van der Waals surface area contributed by atoms with E-state index in [2.05, 4.69) is 5.32 Å². The van der Waals surface area contributed by atoms with Gasteiger partial charge in [-0.15, -0.1) is 0 Å². The maximum atomic E-state index is 12.7. The Morgan fingerprint density at radius 3 is 2.68 bits per heavy atom. The summed E-state index contributed by atoms with van der Waals surface area (Å²) >= 11 is 6.12. The first-order chi connectivity index (χ1) is 14.8. The van der Waals surface area contributed by atoms with Crippen LogP contribution in [0.1, 0.15) is 11.5 Å². The summed E-state index contributed by atoms with van der Waals surface area (Å²) in [5, 5.41) is 13.3.